The number of carboxylic acid groups (broad SMARTS) is 1. The number of hydrogen-bond donors (Lipinski definition) is 2. The van der Waals surface area contributed by atoms with Gasteiger partial charge in [-0.3, -0.25) is 9.59 Å². The zero-order valence-electron chi connectivity index (χ0n) is 20.0. The normalized spacial score (nSPS) is 39.4. The van der Waals surface area contributed by atoms with Crippen LogP contribution in [0.3, 0.4) is 0 Å². The number of carboxylic acids is 1. The van der Waals surface area contributed by atoms with Crippen LogP contribution >= 0.6 is 0 Å². The van der Waals surface area contributed by atoms with E-state index in [0.29, 0.717) is 18.4 Å². The monoisotopic (exact) mass is 590 g/mol. The van der Waals surface area contributed by atoms with Crippen molar-refractivity contribution in [2.75, 3.05) is 24.7 Å². The van der Waals surface area contributed by atoms with E-state index in [0.717, 1.165) is 19.4 Å². The molecule has 0 aromatic heterocycles. The van der Waals surface area contributed by atoms with E-state index in [1.165, 1.54) is 0 Å². The average Bonchev–Trinajstić information content (AvgIpc) is 3.45. The van der Waals surface area contributed by atoms with Crippen LogP contribution in [0.15, 0.2) is 0 Å². The molecule has 4 bridgehead atoms. The van der Waals surface area contributed by atoms with Crippen LogP contribution < -0.4 is 59.1 Å². The van der Waals surface area contributed by atoms with Crippen LogP contribution in [0.25, 0.3) is 0 Å². The zero-order valence-corrected chi connectivity index (χ0v) is 25.7. The van der Waals surface area contributed by atoms with E-state index in [1.807, 2.05) is 0 Å². The standard InChI is InChI=1S/C9H12O7S.C7H10O3.C2H4O5S.2Na/c10-6(3-17(11,12)13)16-8-5-1-4-2-14-9(8)7(4)15-5;8-5-4-1-3-2-9-7(5)6(3)10-4;3-2(4)1-8(5,6)7;;/h4-5,7-9H,1-3H2,(H,11,12,13);3-8H,1-2H2;1H2,(H,3,4)(H,5,6,7);;/q;;;2*+1/p-2. The second kappa shape index (κ2) is 13.0. The molecule has 0 amide bonds. The minimum absolute atomic E-state index is 0. The summed E-state index contributed by atoms with van der Waals surface area (Å²) >= 11 is 0. The third-order valence-electron chi connectivity index (χ3n) is 6.59. The molecule has 0 aromatic rings. The van der Waals surface area contributed by atoms with Gasteiger partial charge in [-0.2, -0.15) is 0 Å². The molecule has 6 heterocycles. The Morgan fingerprint density at radius 2 is 1.30 bits per heavy atom. The third-order valence-corrected chi connectivity index (χ3v) is 7.78. The van der Waals surface area contributed by atoms with Crippen molar-refractivity contribution in [2.24, 2.45) is 11.8 Å². The van der Waals surface area contributed by atoms with Gasteiger partial charge >= 0.3 is 71.1 Å². The van der Waals surface area contributed by atoms with Gasteiger partial charge in [0, 0.05) is 11.8 Å². The number of fused-ring (bicyclic) bond motifs is 2. The minimum Gasteiger partial charge on any atom is -0.748 e. The van der Waals surface area contributed by atoms with Crippen molar-refractivity contribution in [3.8, 4) is 0 Å². The Labute approximate surface area is 256 Å². The quantitative estimate of drug-likeness (QED) is 0.172. The molecular weight excluding hydrogens is 566 g/mol. The summed E-state index contributed by atoms with van der Waals surface area (Å²) in [5.41, 5.74) is 0. The topological polar surface area (TPSA) is 235 Å². The summed E-state index contributed by atoms with van der Waals surface area (Å²) in [6.07, 6.45) is 0.559. The van der Waals surface area contributed by atoms with Crippen molar-refractivity contribution >= 4 is 32.2 Å². The smallest absolute Gasteiger partial charge is 0.748 e. The number of carbonyl (C=O) groups excluding carboxylic acids is 1. The molecule has 6 fully saturated rings. The molecule has 0 radical (unpaired) electrons. The number of aliphatic carboxylic acids is 1. The Bertz CT molecular complexity index is 1050. The fraction of sp³-hybridized carbons (Fsp3) is 0.889. The molecule has 6 aliphatic heterocycles. The van der Waals surface area contributed by atoms with Gasteiger partial charge in [-0.1, -0.05) is 0 Å². The number of aliphatic hydroxyl groups is 1. The van der Waals surface area contributed by atoms with Crippen molar-refractivity contribution in [2.45, 2.75) is 61.7 Å². The molecule has 0 aliphatic carbocycles. The summed E-state index contributed by atoms with van der Waals surface area (Å²) in [4.78, 5) is 20.7. The summed E-state index contributed by atoms with van der Waals surface area (Å²) in [5.74, 6) is -4.21. The van der Waals surface area contributed by atoms with Crippen LogP contribution in [-0.4, -0.2) is 122 Å². The molecule has 10 atom stereocenters. The first-order valence-electron chi connectivity index (χ1n) is 10.7. The van der Waals surface area contributed by atoms with E-state index in [4.69, 9.17) is 28.8 Å². The molecule has 6 saturated heterocycles. The van der Waals surface area contributed by atoms with Gasteiger partial charge in [-0.15, -0.1) is 0 Å². The molecular formula is C18H24Na2O15S2. The van der Waals surface area contributed by atoms with Crippen molar-refractivity contribution in [1.82, 2.24) is 0 Å². The van der Waals surface area contributed by atoms with E-state index in [-0.39, 0.29) is 102 Å². The predicted molar refractivity (Wildman–Crippen MR) is 106 cm³/mol. The second-order valence-electron chi connectivity index (χ2n) is 9.11. The van der Waals surface area contributed by atoms with Gasteiger partial charge in [-0.25, -0.2) is 16.8 Å². The zero-order chi connectivity index (χ0) is 25.7. The molecule has 10 unspecified atom stereocenters. The Balaban J connectivity index is 0.000000207. The van der Waals surface area contributed by atoms with Gasteiger partial charge in [0.15, 0.2) is 6.10 Å². The van der Waals surface area contributed by atoms with Crippen LogP contribution in [0.4, 0.5) is 0 Å². The summed E-state index contributed by atoms with van der Waals surface area (Å²) in [6.45, 7) is 1.38. The molecule has 6 aliphatic rings. The maximum atomic E-state index is 11.3. The van der Waals surface area contributed by atoms with Crippen molar-refractivity contribution < 1.29 is 129 Å². The number of esters is 1. The summed E-state index contributed by atoms with van der Waals surface area (Å²) in [7, 11) is -9.17. The van der Waals surface area contributed by atoms with Gasteiger partial charge in [0.05, 0.1) is 37.6 Å². The molecule has 37 heavy (non-hydrogen) atoms. The van der Waals surface area contributed by atoms with Crippen LogP contribution in [0.1, 0.15) is 12.8 Å². The van der Waals surface area contributed by atoms with Crippen molar-refractivity contribution in [3.63, 3.8) is 0 Å². The van der Waals surface area contributed by atoms with E-state index in [9.17, 15) is 40.6 Å². The molecule has 0 aromatic carbocycles. The summed E-state index contributed by atoms with van der Waals surface area (Å²) in [5, 5.41) is 17.1. The fourth-order valence-electron chi connectivity index (χ4n) is 5.33. The second-order valence-corrected chi connectivity index (χ2v) is 11.9. The maximum Gasteiger partial charge on any atom is 1.00 e. The summed E-state index contributed by atoms with van der Waals surface area (Å²) in [6, 6.07) is 0. The number of hydrogen-bond acceptors (Lipinski definition) is 14. The Kier molecular flexibility index (Phi) is 11.9. The maximum absolute atomic E-state index is 11.3. The number of aliphatic hydroxyl groups excluding tert-OH is 1. The average molecular weight is 590 g/mol. The van der Waals surface area contributed by atoms with Crippen LogP contribution in [0.5, 0.6) is 0 Å². The molecule has 15 nitrogen and oxygen atoms in total. The van der Waals surface area contributed by atoms with E-state index < -0.39 is 49.8 Å². The first-order valence-corrected chi connectivity index (χ1v) is 13.9. The first-order chi connectivity index (χ1) is 16.2. The van der Waals surface area contributed by atoms with Gasteiger partial charge in [0.2, 0.25) is 0 Å². The molecule has 200 valence electrons. The number of ether oxygens (including phenoxy) is 5. The molecule has 0 spiro atoms. The van der Waals surface area contributed by atoms with Crippen LogP contribution in [0.2, 0.25) is 0 Å². The van der Waals surface area contributed by atoms with Crippen molar-refractivity contribution in [3.05, 3.63) is 0 Å². The summed E-state index contributed by atoms with van der Waals surface area (Å²) < 4.78 is 86.6. The van der Waals surface area contributed by atoms with Gasteiger partial charge in [0.1, 0.15) is 50.1 Å². The van der Waals surface area contributed by atoms with Crippen molar-refractivity contribution in [1.29, 1.82) is 0 Å². The largest absolute Gasteiger partial charge is 1.00 e. The number of rotatable bonds is 5. The molecule has 19 heteroatoms. The van der Waals surface area contributed by atoms with Gasteiger partial charge in [0.25, 0.3) is 0 Å². The predicted octanol–water partition coefficient (Wildman–Crippen LogP) is -9.21. The van der Waals surface area contributed by atoms with E-state index in [2.05, 4.69) is 0 Å². The third kappa shape index (κ3) is 8.29. The minimum atomic E-state index is -4.60. The Morgan fingerprint density at radius 1 is 0.811 bits per heavy atom. The number of carbonyl (C=O) groups is 2. The Morgan fingerprint density at radius 3 is 1.76 bits per heavy atom. The first kappa shape index (κ1) is 33.8. The van der Waals surface area contributed by atoms with Gasteiger partial charge < -0.3 is 43.0 Å². The van der Waals surface area contributed by atoms with E-state index in [1.54, 1.807) is 0 Å². The molecule has 0 saturated carbocycles. The van der Waals surface area contributed by atoms with Crippen LogP contribution in [0, 0.1) is 11.8 Å². The molecule has 2 N–H and O–H groups in total. The molecule has 6 rings (SSSR count). The SMILES string of the molecule is O=C(CS(=O)(=O)[O-])OC1C2CC3COC1C3O2.O=C(O)CS(=O)(=O)[O-].OC1C2CC3COC1C3O2.[Na+].[Na+]. The Hall–Kier alpha value is 0.560. The van der Waals surface area contributed by atoms with Crippen LogP contribution in [-0.2, 0) is 53.5 Å². The fourth-order valence-corrected chi connectivity index (χ4v) is 5.99. The van der Waals surface area contributed by atoms with E-state index >= 15 is 0 Å². The van der Waals surface area contributed by atoms with Gasteiger partial charge in [-0.05, 0) is 12.8 Å².